The van der Waals surface area contributed by atoms with E-state index in [1.807, 2.05) is 13.8 Å². The normalized spacial score (nSPS) is 17.2. The summed E-state index contributed by atoms with van der Waals surface area (Å²) in [6.07, 6.45) is 2.35. The molecule has 0 spiro atoms. The number of aryl methyl sites for hydroxylation is 1. The number of aromatic nitrogens is 1. The maximum atomic E-state index is 12.2. The highest BCUT2D eigenvalue weighted by atomic mass is 16.1. The van der Waals surface area contributed by atoms with Crippen LogP contribution in [0, 0.1) is 12.8 Å². The number of nitrogens with zero attached hydrogens (tertiary/aromatic N) is 2. The van der Waals surface area contributed by atoms with E-state index in [2.05, 4.69) is 17.9 Å². The summed E-state index contributed by atoms with van der Waals surface area (Å²) < 4.78 is 1.73. The second-order valence-corrected chi connectivity index (χ2v) is 5.30. The number of hydrogen-bond acceptors (Lipinski definition) is 3. The molecule has 18 heavy (non-hydrogen) atoms. The van der Waals surface area contributed by atoms with Crippen molar-refractivity contribution >= 4 is 11.4 Å². The first kappa shape index (κ1) is 13.0. The van der Waals surface area contributed by atoms with Gasteiger partial charge in [0, 0.05) is 25.3 Å². The van der Waals surface area contributed by atoms with Crippen LogP contribution in [0.25, 0.3) is 0 Å². The van der Waals surface area contributed by atoms with Crippen LogP contribution in [0.3, 0.4) is 0 Å². The molecular formula is C14H23N3O. The molecule has 4 heteroatoms. The molecule has 1 saturated heterocycles. The van der Waals surface area contributed by atoms with E-state index in [0.29, 0.717) is 12.2 Å². The van der Waals surface area contributed by atoms with Gasteiger partial charge in [-0.05, 0) is 38.7 Å². The van der Waals surface area contributed by atoms with Crippen molar-refractivity contribution in [3.8, 4) is 0 Å². The van der Waals surface area contributed by atoms with Gasteiger partial charge in [-0.15, -0.1) is 0 Å². The van der Waals surface area contributed by atoms with Crippen LogP contribution in [-0.2, 0) is 6.54 Å². The van der Waals surface area contributed by atoms with E-state index in [4.69, 9.17) is 5.73 Å². The zero-order chi connectivity index (χ0) is 13.3. The van der Waals surface area contributed by atoms with E-state index < -0.39 is 0 Å². The topological polar surface area (TPSA) is 51.3 Å². The van der Waals surface area contributed by atoms with Gasteiger partial charge < -0.3 is 15.2 Å². The minimum absolute atomic E-state index is 0.0499. The number of nitrogens with two attached hydrogens (primary N) is 1. The number of nitrogen functional groups attached to an aromatic ring is 1. The highest BCUT2D eigenvalue weighted by Crippen LogP contribution is 2.26. The Morgan fingerprint density at radius 3 is 2.56 bits per heavy atom. The zero-order valence-electron chi connectivity index (χ0n) is 11.6. The van der Waals surface area contributed by atoms with Crippen LogP contribution < -0.4 is 16.2 Å². The van der Waals surface area contributed by atoms with E-state index >= 15 is 0 Å². The number of pyridine rings is 1. The molecule has 1 aliphatic rings. The van der Waals surface area contributed by atoms with E-state index in [9.17, 15) is 4.79 Å². The molecule has 0 saturated carbocycles. The molecule has 0 bridgehead atoms. The molecule has 0 unspecified atom stereocenters. The van der Waals surface area contributed by atoms with Crippen LogP contribution in [0.15, 0.2) is 10.9 Å². The Morgan fingerprint density at radius 2 is 2.00 bits per heavy atom. The molecule has 2 heterocycles. The minimum Gasteiger partial charge on any atom is -0.393 e. The Hall–Kier alpha value is -1.45. The first-order chi connectivity index (χ1) is 8.54. The second kappa shape index (κ2) is 5.04. The highest BCUT2D eigenvalue weighted by molar-refractivity contribution is 5.67. The molecule has 0 aliphatic carbocycles. The van der Waals surface area contributed by atoms with Gasteiger partial charge in [-0.2, -0.15) is 0 Å². The Balaban J connectivity index is 2.37. The van der Waals surface area contributed by atoms with Gasteiger partial charge >= 0.3 is 0 Å². The van der Waals surface area contributed by atoms with Gasteiger partial charge in [0.2, 0.25) is 0 Å². The Morgan fingerprint density at radius 1 is 1.39 bits per heavy atom. The molecule has 4 nitrogen and oxygen atoms in total. The standard InChI is InChI=1S/C14H23N3O/c1-4-17-11(3)9-12(13(15)14(17)18)16-7-5-10(2)6-8-16/h9-10H,4-8,15H2,1-3H3. The van der Waals surface area contributed by atoms with E-state index in [0.717, 1.165) is 30.4 Å². The van der Waals surface area contributed by atoms with Crippen LogP contribution in [0.4, 0.5) is 11.4 Å². The van der Waals surface area contributed by atoms with Crippen molar-refractivity contribution in [1.82, 2.24) is 4.57 Å². The Kier molecular flexibility index (Phi) is 3.64. The highest BCUT2D eigenvalue weighted by Gasteiger charge is 2.20. The molecular weight excluding hydrogens is 226 g/mol. The third-order valence-electron chi connectivity index (χ3n) is 3.96. The quantitative estimate of drug-likeness (QED) is 0.872. The molecule has 1 fully saturated rings. The molecule has 0 atom stereocenters. The van der Waals surface area contributed by atoms with Gasteiger partial charge in [0.25, 0.3) is 5.56 Å². The molecule has 2 rings (SSSR count). The van der Waals surface area contributed by atoms with Crippen molar-refractivity contribution in [3.05, 3.63) is 22.1 Å². The van der Waals surface area contributed by atoms with Crippen molar-refractivity contribution in [3.63, 3.8) is 0 Å². The van der Waals surface area contributed by atoms with E-state index in [1.165, 1.54) is 12.8 Å². The number of anilines is 2. The largest absolute Gasteiger partial charge is 0.393 e. The van der Waals surface area contributed by atoms with Gasteiger partial charge in [-0.25, -0.2) is 0 Å². The zero-order valence-corrected chi connectivity index (χ0v) is 11.6. The molecule has 0 radical (unpaired) electrons. The molecule has 0 amide bonds. The number of hydrogen-bond donors (Lipinski definition) is 1. The van der Waals surface area contributed by atoms with Crippen molar-refractivity contribution in [2.24, 2.45) is 5.92 Å². The lowest BCUT2D eigenvalue weighted by Crippen LogP contribution is -2.36. The molecule has 1 aromatic rings. The fourth-order valence-electron chi connectivity index (χ4n) is 2.67. The second-order valence-electron chi connectivity index (χ2n) is 5.30. The summed E-state index contributed by atoms with van der Waals surface area (Å²) in [6.45, 7) is 8.89. The SMILES string of the molecule is CCn1c(C)cc(N2CCC(C)CC2)c(N)c1=O. The first-order valence-electron chi connectivity index (χ1n) is 6.79. The smallest absolute Gasteiger partial charge is 0.276 e. The monoisotopic (exact) mass is 249 g/mol. The summed E-state index contributed by atoms with van der Waals surface area (Å²) in [4.78, 5) is 14.4. The summed E-state index contributed by atoms with van der Waals surface area (Å²) >= 11 is 0. The van der Waals surface area contributed by atoms with E-state index in [-0.39, 0.29) is 5.56 Å². The first-order valence-corrected chi connectivity index (χ1v) is 6.79. The predicted octanol–water partition coefficient (Wildman–Crippen LogP) is 2.00. The lowest BCUT2D eigenvalue weighted by molar-refractivity contribution is 0.438. The summed E-state index contributed by atoms with van der Waals surface area (Å²) in [7, 11) is 0. The average molecular weight is 249 g/mol. The van der Waals surface area contributed by atoms with Crippen LogP contribution in [0.1, 0.15) is 32.4 Å². The average Bonchev–Trinajstić information content (AvgIpc) is 2.36. The van der Waals surface area contributed by atoms with Crippen LogP contribution in [-0.4, -0.2) is 17.7 Å². The maximum absolute atomic E-state index is 12.2. The Bertz CT molecular complexity index is 485. The van der Waals surface area contributed by atoms with Gasteiger partial charge in [-0.3, -0.25) is 4.79 Å². The fraction of sp³-hybridized carbons (Fsp3) is 0.643. The van der Waals surface area contributed by atoms with Gasteiger partial charge in [0.15, 0.2) is 0 Å². The van der Waals surface area contributed by atoms with Gasteiger partial charge in [0.1, 0.15) is 5.69 Å². The van der Waals surface area contributed by atoms with Crippen LogP contribution in [0.2, 0.25) is 0 Å². The van der Waals surface area contributed by atoms with Crippen LogP contribution >= 0.6 is 0 Å². The molecule has 2 N–H and O–H groups in total. The third kappa shape index (κ3) is 2.24. The third-order valence-corrected chi connectivity index (χ3v) is 3.96. The number of piperidine rings is 1. The maximum Gasteiger partial charge on any atom is 0.276 e. The summed E-state index contributed by atoms with van der Waals surface area (Å²) in [6, 6.07) is 2.05. The predicted molar refractivity (Wildman–Crippen MR) is 76.1 cm³/mol. The lowest BCUT2D eigenvalue weighted by Gasteiger charge is -2.33. The molecule has 1 aromatic heterocycles. The van der Waals surface area contributed by atoms with Gasteiger partial charge in [0.05, 0.1) is 5.69 Å². The summed E-state index contributed by atoms with van der Waals surface area (Å²) in [5.74, 6) is 0.777. The number of rotatable bonds is 2. The molecule has 100 valence electrons. The minimum atomic E-state index is -0.0499. The lowest BCUT2D eigenvalue weighted by atomic mass is 9.98. The summed E-state index contributed by atoms with van der Waals surface area (Å²) in [5, 5.41) is 0. The van der Waals surface area contributed by atoms with E-state index in [1.54, 1.807) is 4.57 Å². The van der Waals surface area contributed by atoms with Crippen LogP contribution in [0.5, 0.6) is 0 Å². The van der Waals surface area contributed by atoms with Crippen molar-refractivity contribution in [2.75, 3.05) is 23.7 Å². The summed E-state index contributed by atoms with van der Waals surface area (Å²) in [5.41, 5.74) is 8.28. The van der Waals surface area contributed by atoms with Crippen molar-refractivity contribution in [2.45, 2.75) is 40.2 Å². The molecule has 0 aromatic carbocycles. The van der Waals surface area contributed by atoms with Gasteiger partial charge in [-0.1, -0.05) is 6.92 Å². The fourth-order valence-corrected chi connectivity index (χ4v) is 2.67. The van der Waals surface area contributed by atoms with Crippen molar-refractivity contribution < 1.29 is 0 Å². The Labute approximate surface area is 108 Å². The molecule has 1 aliphatic heterocycles. The van der Waals surface area contributed by atoms with Crippen molar-refractivity contribution in [1.29, 1.82) is 0 Å².